The predicted octanol–water partition coefficient (Wildman–Crippen LogP) is 6.21. The number of benzene rings is 2. The number of carbonyl (C=O) groups excluding carboxylic acids is 2. The molecule has 204 valence electrons. The second kappa shape index (κ2) is 10.3. The standard InChI is InChI=1S/C27H28F2N6O4/c1-26(2,3)38-24(36)31-23-30-14-22(35(23)25(37)39-27(4,5)6)16-7-9-20(10-8-16)34-15-21(32-33-34)17-11-18(28)13-19(29)12-17/h7-15H,1-6H3,(H,30,31,36). The number of nitrogens with zero attached hydrogens (tertiary/aromatic N) is 5. The van der Waals surface area contributed by atoms with Crippen molar-refractivity contribution in [1.29, 1.82) is 0 Å². The Morgan fingerprint density at radius 2 is 1.49 bits per heavy atom. The first-order chi connectivity index (χ1) is 18.2. The molecule has 0 aliphatic rings. The molecule has 12 heteroatoms. The third-order valence-electron chi connectivity index (χ3n) is 5.03. The maximum Gasteiger partial charge on any atom is 0.421 e. The van der Waals surface area contributed by atoms with Gasteiger partial charge in [-0.2, -0.15) is 0 Å². The molecule has 0 bridgehead atoms. The van der Waals surface area contributed by atoms with Gasteiger partial charge in [-0.05, 0) is 65.8 Å². The summed E-state index contributed by atoms with van der Waals surface area (Å²) in [7, 11) is 0. The number of carbonyl (C=O) groups is 2. The molecule has 0 atom stereocenters. The second-order valence-corrected chi connectivity index (χ2v) is 10.7. The number of nitrogens with one attached hydrogen (secondary N) is 1. The molecular weight excluding hydrogens is 510 g/mol. The molecule has 0 radical (unpaired) electrons. The summed E-state index contributed by atoms with van der Waals surface area (Å²) in [6, 6.07) is 9.98. The maximum atomic E-state index is 13.6. The summed E-state index contributed by atoms with van der Waals surface area (Å²) in [5.74, 6) is -1.50. The number of hydrogen-bond donors (Lipinski definition) is 1. The first-order valence-corrected chi connectivity index (χ1v) is 12.0. The minimum Gasteiger partial charge on any atom is -0.444 e. The number of rotatable bonds is 4. The molecule has 4 rings (SSSR count). The number of ether oxygens (including phenoxy) is 2. The van der Waals surface area contributed by atoms with E-state index in [4.69, 9.17) is 9.47 Å². The number of aromatic nitrogens is 5. The normalized spacial score (nSPS) is 11.8. The van der Waals surface area contributed by atoms with Gasteiger partial charge in [-0.25, -0.2) is 32.6 Å². The van der Waals surface area contributed by atoms with E-state index in [0.717, 1.165) is 10.6 Å². The topological polar surface area (TPSA) is 113 Å². The highest BCUT2D eigenvalue weighted by molar-refractivity contribution is 5.89. The molecule has 0 spiro atoms. The third-order valence-corrected chi connectivity index (χ3v) is 5.03. The summed E-state index contributed by atoms with van der Waals surface area (Å²) in [6.45, 7) is 10.3. The lowest BCUT2D eigenvalue weighted by molar-refractivity contribution is 0.0542. The van der Waals surface area contributed by atoms with Crippen LogP contribution < -0.4 is 5.32 Å². The Bertz CT molecular complexity index is 1490. The van der Waals surface area contributed by atoms with Gasteiger partial charge in [-0.15, -0.1) is 5.10 Å². The molecular formula is C27H28F2N6O4. The highest BCUT2D eigenvalue weighted by Gasteiger charge is 2.26. The summed E-state index contributed by atoms with van der Waals surface area (Å²) in [6.07, 6.45) is 1.45. The lowest BCUT2D eigenvalue weighted by Gasteiger charge is -2.22. The number of imidazole rings is 1. The average molecular weight is 539 g/mol. The quantitative estimate of drug-likeness (QED) is 0.329. The molecule has 2 aromatic heterocycles. The molecule has 1 N–H and O–H groups in total. The van der Waals surface area contributed by atoms with Crippen LogP contribution in [0.2, 0.25) is 0 Å². The van der Waals surface area contributed by atoms with Gasteiger partial charge >= 0.3 is 12.2 Å². The SMILES string of the molecule is CC(C)(C)OC(=O)Nc1ncc(-c2ccc(-n3cc(-c4cc(F)cc(F)c4)nn3)cc2)n1C(=O)OC(C)(C)C. The Kier molecular flexibility index (Phi) is 7.23. The summed E-state index contributed by atoms with van der Waals surface area (Å²) in [5, 5.41) is 10.6. The van der Waals surface area contributed by atoms with Gasteiger partial charge in [0.1, 0.15) is 28.5 Å². The maximum absolute atomic E-state index is 13.6. The summed E-state index contributed by atoms with van der Waals surface area (Å²) in [4.78, 5) is 29.7. The molecule has 0 aliphatic carbocycles. The van der Waals surface area contributed by atoms with Crippen molar-refractivity contribution in [2.75, 3.05) is 5.32 Å². The molecule has 2 heterocycles. The fourth-order valence-electron chi connectivity index (χ4n) is 3.54. The van der Waals surface area contributed by atoms with Crippen LogP contribution in [0.25, 0.3) is 28.2 Å². The Morgan fingerprint density at radius 1 is 0.872 bits per heavy atom. The van der Waals surface area contributed by atoms with Crippen LogP contribution in [0.15, 0.2) is 54.9 Å². The zero-order chi connectivity index (χ0) is 28.5. The molecule has 1 amide bonds. The number of amides is 1. The fourth-order valence-corrected chi connectivity index (χ4v) is 3.54. The number of halogens is 2. The van der Waals surface area contributed by atoms with Gasteiger partial charge < -0.3 is 9.47 Å². The largest absolute Gasteiger partial charge is 0.444 e. The van der Waals surface area contributed by atoms with Crippen molar-refractivity contribution in [3.05, 3.63) is 66.5 Å². The van der Waals surface area contributed by atoms with E-state index in [0.29, 0.717) is 22.6 Å². The monoisotopic (exact) mass is 538 g/mol. The highest BCUT2D eigenvalue weighted by Crippen LogP contribution is 2.27. The Morgan fingerprint density at radius 3 is 2.08 bits per heavy atom. The second-order valence-electron chi connectivity index (χ2n) is 10.7. The molecule has 2 aromatic carbocycles. The van der Waals surface area contributed by atoms with Crippen LogP contribution in [0.1, 0.15) is 41.5 Å². The summed E-state index contributed by atoms with van der Waals surface area (Å²) >= 11 is 0. The molecule has 0 saturated heterocycles. The van der Waals surface area contributed by atoms with E-state index in [2.05, 4.69) is 20.6 Å². The lowest BCUT2D eigenvalue weighted by atomic mass is 10.1. The first-order valence-electron chi connectivity index (χ1n) is 12.0. The number of hydrogen-bond acceptors (Lipinski definition) is 7. The van der Waals surface area contributed by atoms with E-state index in [1.165, 1.54) is 29.2 Å². The van der Waals surface area contributed by atoms with Crippen LogP contribution in [0, 0.1) is 11.6 Å². The van der Waals surface area contributed by atoms with Crippen molar-refractivity contribution in [3.8, 4) is 28.2 Å². The van der Waals surface area contributed by atoms with Gasteiger partial charge in [-0.1, -0.05) is 17.3 Å². The fraction of sp³-hybridized carbons (Fsp3) is 0.296. The van der Waals surface area contributed by atoms with Crippen molar-refractivity contribution >= 4 is 18.1 Å². The minimum absolute atomic E-state index is 0.0687. The smallest absolute Gasteiger partial charge is 0.421 e. The lowest BCUT2D eigenvalue weighted by Crippen LogP contribution is -2.31. The van der Waals surface area contributed by atoms with Crippen molar-refractivity contribution in [1.82, 2.24) is 24.5 Å². The van der Waals surface area contributed by atoms with Crippen molar-refractivity contribution in [3.63, 3.8) is 0 Å². The van der Waals surface area contributed by atoms with Crippen molar-refractivity contribution in [2.45, 2.75) is 52.7 Å². The van der Waals surface area contributed by atoms with Gasteiger partial charge in [0.25, 0.3) is 0 Å². The molecule has 0 fully saturated rings. The van der Waals surface area contributed by atoms with Crippen LogP contribution in [0.5, 0.6) is 0 Å². The van der Waals surface area contributed by atoms with Crippen molar-refractivity contribution < 1.29 is 27.8 Å². The van der Waals surface area contributed by atoms with E-state index < -0.39 is 35.0 Å². The van der Waals surface area contributed by atoms with Crippen molar-refractivity contribution in [2.24, 2.45) is 0 Å². The zero-order valence-electron chi connectivity index (χ0n) is 22.3. The molecule has 0 unspecified atom stereocenters. The predicted molar refractivity (Wildman–Crippen MR) is 139 cm³/mol. The highest BCUT2D eigenvalue weighted by atomic mass is 19.1. The van der Waals surface area contributed by atoms with Gasteiger partial charge in [-0.3, -0.25) is 5.32 Å². The third kappa shape index (κ3) is 6.83. The van der Waals surface area contributed by atoms with Crippen LogP contribution >= 0.6 is 0 Å². The Hall–Kier alpha value is -4.61. The van der Waals surface area contributed by atoms with Gasteiger partial charge in [0, 0.05) is 17.2 Å². The van der Waals surface area contributed by atoms with E-state index in [-0.39, 0.29) is 11.5 Å². The zero-order valence-corrected chi connectivity index (χ0v) is 22.3. The van der Waals surface area contributed by atoms with E-state index in [1.807, 2.05) is 0 Å². The van der Waals surface area contributed by atoms with E-state index in [9.17, 15) is 18.4 Å². The van der Waals surface area contributed by atoms with Gasteiger partial charge in [0.15, 0.2) is 0 Å². The minimum atomic E-state index is -0.805. The summed E-state index contributed by atoms with van der Waals surface area (Å²) < 4.78 is 40.6. The van der Waals surface area contributed by atoms with Gasteiger partial charge in [0.2, 0.25) is 5.95 Å². The van der Waals surface area contributed by atoms with Crippen LogP contribution in [-0.4, -0.2) is 47.9 Å². The Labute approximate surface area is 223 Å². The molecule has 10 nitrogen and oxygen atoms in total. The van der Waals surface area contributed by atoms with E-state index >= 15 is 0 Å². The molecule has 0 saturated carbocycles. The number of anilines is 1. The molecule has 39 heavy (non-hydrogen) atoms. The molecule has 0 aliphatic heterocycles. The van der Waals surface area contributed by atoms with Crippen LogP contribution in [0.3, 0.4) is 0 Å². The average Bonchev–Trinajstić information content (AvgIpc) is 3.44. The van der Waals surface area contributed by atoms with Gasteiger partial charge in [0.05, 0.1) is 23.8 Å². The first kappa shape index (κ1) is 27.4. The van der Waals surface area contributed by atoms with Crippen LogP contribution in [-0.2, 0) is 9.47 Å². The van der Waals surface area contributed by atoms with Crippen LogP contribution in [0.4, 0.5) is 24.3 Å². The Balaban J connectivity index is 1.64. The molecule has 4 aromatic rings. The van der Waals surface area contributed by atoms with E-state index in [1.54, 1.807) is 65.8 Å². The summed E-state index contributed by atoms with van der Waals surface area (Å²) in [5.41, 5.74) is 0.528.